The van der Waals surface area contributed by atoms with Crippen molar-refractivity contribution in [3.63, 3.8) is 0 Å². The minimum atomic E-state index is -0.284. The van der Waals surface area contributed by atoms with Crippen LogP contribution < -0.4 is 5.32 Å². The van der Waals surface area contributed by atoms with Crippen LogP contribution in [0.25, 0.3) is 0 Å². The number of hydrogen-bond acceptors (Lipinski definition) is 1. The molecule has 1 N–H and O–H groups in total. The molecule has 0 spiro atoms. The summed E-state index contributed by atoms with van der Waals surface area (Å²) in [6.07, 6.45) is 0. The standard InChI is InChI=1S/C6H13FIN/c1-5(2)4-9-6(8)3-7/h5-6,9H,3-4H2,1-2H3/t6-/m0/s1. The van der Waals surface area contributed by atoms with Crippen LogP contribution in [0.15, 0.2) is 0 Å². The zero-order valence-corrected chi connectivity index (χ0v) is 7.98. The average Bonchev–Trinajstić information content (AvgIpc) is 1.83. The molecule has 0 fully saturated rings. The Balaban J connectivity index is 3.06. The Labute approximate surface area is 69.5 Å². The van der Waals surface area contributed by atoms with Crippen molar-refractivity contribution in [2.75, 3.05) is 13.2 Å². The first kappa shape index (κ1) is 9.62. The Hall–Kier alpha value is 0.620. The fourth-order valence-electron chi connectivity index (χ4n) is 0.418. The molecule has 1 atom stereocenters. The Kier molecular flexibility index (Phi) is 5.78. The van der Waals surface area contributed by atoms with Gasteiger partial charge in [0.2, 0.25) is 0 Å². The van der Waals surface area contributed by atoms with Crippen LogP contribution in [0.3, 0.4) is 0 Å². The van der Waals surface area contributed by atoms with Crippen molar-refractivity contribution in [2.45, 2.75) is 17.9 Å². The zero-order chi connectivity index (χ0) is 7.28. The number of rotatable bonds is 4. The first-order chi connectivity index (χ1) is 4.16. The zero-order valence-electron chi connectivity index (χ0n) is 5.82. The molecule has 0 bridgehead atoms. The van der Waals surface area contributed by atoms with Crippen LogP contribution in [0.1, 0.15) is 13.8 Å². The Bertz CT molecular complexity index is 68.1. The fraction of sp³-hybridized carbons (Fsp3) is 1.00. The van der Waals surface area contributed by atoms with Crippen molar-refractivity contribution < 1.29 is 4.39 Å². The summed E-state index contributed by atoms with van der Waals surface area (Å²) in [5, 5.41) is 3.04. The minimum absolute atomic E-state index is 0.00926. The molecule has 0 aromatic rings. The molecule has 9 heavy (non-hydrogen) atoms. The van der Waals surface area contributed by atoms with Gasteiger partial charge in [-0.2, -0.15) is 0 Å². The van der Waals surface area contributed by atoms with Gasteiger partial charge in [0.1, 0.15) is 6.67 Å². The molecular formula is C6H13FIN. The summed E-state index contributed by atoms with van der Waals surface area (Å²) < 4.78 is 11.8. The summed E-state index contributed by atoms with van der Waals surface area (Å²) in [4.78, 5) is 0. The van der Waals surface area contributed by atoms with Gasteiger partial charge in [0, 0.05) is 0 Å². The van der Waals surface area contributed by atoms with E-state index < -0.39 is 0 Å². The first-order valence-electron chi connectivity index (χ1n) is 3.10. The molecule has 0 aliphatic rings. The molecule has 0 aromatic heterocycles. The van der Waals surface area contributed by atoms with E-state index in [1.54, 1.807) is 0 Å². The lowest BCUT2D eigenvalue weighted by Crippen LogP contribution is -2.28. The number of hydrogen-bond donors (Lipinski definition) is 1. The average molecular weight is 245 g/mol. The van der Waals surface area contributed by atoms with Crippen LogP contribution in [-0.2, 0) is 0 Å². The van der Waals surface area contributed by atoms with Crippen LogP contribution in [-0.4, -0.2) is 17.3 Å². The molecule has 1 nitrogen and oxygen atoms in total. The summed E-state index contributed by atoms with van der Waals surface area (Å²) in [6, 6.07) is 0. The van der Waals surface area contributed by atoms with Crippen molar-refractivity contribution in [3.05, 3.63) is 0 Å². The van der Waals surface area contributed by atoms with Gasteiger partial charge in [-0.1, -0.05) is 36.4 Å². The molecular weight excluding hydrogens is 232 g/mol. The van der Waals surface area contributed by atoms with Crippen LogP contribution in [0.5, 0.6) is 0 Å². The second-order valence-electron chi connectivity index (χ2n) is 2.42. The lowest BCUT2D eigenvalue weighted by molar-refractivity contribution is 0.438. The van der Waals surface area contributed by atoms with Gasteiger partial charge < -0.3 is 5.32 Å². The van der Waals surface area contributed by atoms with Crippen molar-refractivity contribution in [3.8, 4) is 0 Å². The molecule has 0 radical (unpaired) electrons. The van der Waals surface area contributed by atoms with E-state index in [0.29, 0.717) is 5.92 Å². The molecule has 0 saturated carbocycles. The number of nitrogens with one attached hydrogen (secondary N) is 1. The summed E-state index contributed by atoms with van der Waals surface area (Å²) in [7, 11) is 0. The van der Waals surface area contributed by atoms with Gasteiger partial charge in [-0.3, -0.25) is 0 Å². The van der Waals surface area contributed by atoms with Gasteiger partial charge in [-0.15, -0.1) is 0 Å². The SMILES string of the molecule is CC(C)CN[C@H](I)CF. The molecule has 0 aliphatic heterocycles. The maximum Gasteiger partial charge on any atom is 0.114 e. The maximum atomic E-state index is 11.8. The highest BCUT2D eigenvalue weighted by atomic mass is 127. The monoisotopic (exact) mass is 245 g/mol. The topological polar surface area (TPSA) is 12.0 Å². The van der Waals surface area contributed by atoms with Gasteiger partial charge >= 0.3 is 0 Å². The summed E-state index contributed by atoms with van der Waals surface area (Å²) in [5.74, 6) is 0.605. The molecule has 0 amide bonds. The highest BCUT2D eigenvalue weighted by Gasteiger charge is 2.01. The summed E-state index contributed by atoms with van der Waals surface area (Å²) in [6.45, 7) is 4.83. The third-order valence-electron chi connectivity index (χ3n) is 0.883. The quantitative estimate of drug-likeness (QED) is 0.453. The Morgan fingerprint density at radius 3 is 2.44 bits per heavy atom. The lowest BCUT2D eigenvalue weighted by atomic mass is 10.2. The van der Waals surface area contributed by atoms with Crippen LogP contribution in [0.2, 0.25) is 0 Å². The predicted molar refractivity (Wildman–Crippen MR) is 46.6 cm³/mol. The van der Waals surface area contributed by atoms with Gasteiger partial charge in [0.05, 0.1) is 4.05 Å². The molecule has 0 aromatic carbocycles. The van der Waals surface area contributed by atoms with Gasteiger partial charge in [0.25, 0.3) is 0 Å². The van der Waals surface area contributed by atoms with E-state index in [2.05, 4.69) is 41.8 Å². The van der Waals surface area contributed by atoms with Gasteiger partial charge in [0.15, 0.2) is 0 Å². The van der Waals surface area contributed by atoms with Gasteiger partial charge in [-0.05, 0) is 12.5 Å². The molecule has 3 heteroatoms. The fourth-order valence-corrected chi connectivity index (χ4v) is 0.672. The van der Waals surface area contributed by atoms with Crippen molar-refractivity contribution in [1.29, 1.82) is 0 Å². The largest absolute Gasteiger partial charge is 0.303 e. The third kappa shape index (κ3) is 6.51. The summed E-state index contributed by atoms with van der Waals surface area (Å²) >= 11 is 2.05. The van der Waals surface area contributed by atoms with Gasteiger partial charge in [-0.25, -0.2) is 4.39 Å². The highest BCUT2D eigenvalue weighted by molar-refractivity contribution is 14.1. The van der Waals surface area contributed by atoms with E-state index in [4.69, 9.17) is 0 Å². The van der Waals surface area contributed by atoms with Crippen LogP contribution in [0.4, 0.5) is 4.39 Å². The van der Waals surface area contributed by atoms with Crippen molar-refractivity contribution >= 4 is 22.6 Å². The van der Waals surface area contributed by atoms with Crippen LogP contribution >= 0.6 is 22.6 Å². The maximum absolute atomic E-state index is 11.8. The molecule has 0 heterocycles. The lowest BCUT2D eigenvalue weighted by Gasteiger charge is -2.09. The second kappa shape index (κ2) is 5.41. The Morgan fingerprint density at radius 1 is 1.56 bits per heavy atom. The highest BCUT2D eigenvalue weighted by Crippen LogP contribution is 1.97. The van der Waals surface area contributed by atoms with Crippen LogP contribution in [0, 0.1) is 5.92 Å². The van der Waals surface area contributed by atoms with Crippen molar-refractivity contribution in [2.24, 2.45) is 5.92 Å². The molecule has 0 unspecified atom stereocenters. The summed E-state index contributed by atoms with van der Waals surface area (Å²) in [5.41, 5.74) is 0. The number of halogens is 2. The van der Waals surface area contributed by atoms with E-state index in [1.807, 2.05) is 0 Å². The molecule has 0 saturated heterocycles. The molecule has 0 aliphatic carbocycles. The molecule has 56 valence electrons. The molecule has 0 rings (SSSR count). The third-order valence-corrected chi connectivity index (χ3v) is 1.66. The predicted octanol–water partition coefficient (Wildman–Crippen LogP) is 1.96. The van der Waals surface area contributed by atoms with E-state index >= 15 is 0 Å². The minimum Gasteiger partial charge on any atom is -0.303 e. The number of alkyl halides is 2. The van der Waals surface area contributed by atoms with E-state index in [9.17, 15) is 4.39 Å². The van der Waals surface area contributed by atoms with E-state index in [-0.39, 0.29) is 10.7 Å². The smallest absolute Gasteiger partial charge is 0.114 e. The second-order valence-corrected chi connectivity index (χ2v) is 3.93. The Morgan fingerprint density at radius 2 is 2.11 bits per heavy atom. The first-order valence-corrected chi connectivity index (χ1v) is 4.34. The van der Waals surface area contributed by atoms with E-state index in [0.717, 1.165) is 6.54 Å². The van der Waals surface area contributed by atoms with E-state index in [1.165, 1.54) is 0 Å². The van der Waals surface area contributed by atoms with Crippen molar-refractivity contribution in [1.82, 2.24) is 5.32 Å². The normalized spacial score (nSPS) is 14.3.